The Labute approximate surface area is 117 Å². The van der Waals surface area contributed by atoms with Crippen LogP contribution in [0, 0.1) is 5.92 Å². The van der Waals surface area contributed by atoms with Crippen molar-refractivity contribution in [2.75, 3.05) is 13.1 Å². The normalized spacial score (nSPS) is 26.6. The summed E-state index contributed by atoms with van der Waals surface area (Å²) in [7, 11) is 0. The Morgan fingerprint density at radius 1 is 1.55 bits per heavy atom. The van der Waals surface area contributed by atoms with Crippen LogP contribution in [0.3, 0.4) is 0 Å². The third kappa shape index (κ3) is 2.86. The molecule has 0 bridgehead atoms. The molecule has 2 saturated heterocycles. The molecule has 0 aliphatic carbocycles. The Hall–Kier alpha value is -1.79. The van der Waals surface area contributed by atoms with Crippen molar-refractivity contribution in [3.05, 3.63) is 0 Å². The van der Waals surface area contributed by atoms with E-state index in [4.69, 9.17) is 5.11 Å². The standard InChI is InChI=1S/C13H21N3O4/c1-2-4-9(12(18)19)15-13(20)16-6-3-5-8-10(16)7-14-11(8)17/h8-10H,2-7H2,1H3,(H,14,17)(H,15,20)(H,18,19)/t8?,9-,10?/m0/s1. The van der Waals surface area contributed by atoms with Crippen molar-refractivity contribution in [1.29, 1.82) is 0 Å². The molecule has 3 amide bonds. The van der Waals surface area contributed by atoms with Crippen LogP contribution in [0.25, 0.3) is 0 Å². The largest absolute Gasteiger partial charge is 0.480 e. The van der Waals surface area contributed by atoms with Crippen LogP contribution in [-0.2, 0) is 9.59 Å². The number of fused-ring (bicyclic) bond motifs is 1. The average Bonchev–Trinajstić information content (AvgIpc) is 2.80. The zero-order chi connectivity index (χ0) is 14.7. The van der Waals surface area contributed by atoms with Crippen molar-refractivity contribution < 1.29 is 19.5 Å². The van der Waals surface area contributed by atoms with Gasteiger partial charge in [0.25, 0.3) is 0 Å². The number of likely N-dealkylation sites (tertiary alicyclic amines) is 1. The first-order valence-electron chi connectivity index (χ1n) is 7.12. The zero-order valence-electron chi connectivity index (χ0n) is 11.6. The molecular weight excluding hydrogens is 262 g/mol. The molecule has 2 aliphatic rings. The summed E-state index contributed by atoms with van der Waals surface area (Å²) in [5, 5.41) is 14.4. The molecule has 2 aliphatic heterocycles. The molecule has 3 atom stereocenters. The van der Waals surface area contributed by atoms with Gasteiger partial charge in [-0.15, -0.1) is 0 Å². The van der Waals surface area contributed by atoms with Gasteiger partial charge in [-0.1, -0.05) is 13.3 Å². The molecular formula is C13H21N3O4. The highest BCUT2D eigenvalue weighted by Crippen LogP contribution is 2.27. The van der Waals surface area contributed by atoms with Gasteiger partial charge in [-0.2, -0.15) is 0 Å². The van der Waals surface area contributed by atoms with Crippen LogP contribution in [0.2, 0.25) is 0 Å². The molecule has 112 valence electrons. The summed E-state index contributed by atoms with van der Waals surface area (Å²) in [5.41, 5.74) is 0. The van der Waals surface area contributed by atoms with Gasteiger partial charge in [-0.3, -0.25) is 4.79 Å². The van der Waals surface area contributed by atoms with Crippen molar-refractivity contribution in [3.8, 4) is 0 Å². The summed E-state index contributed by atoms with van der Waals surface area (Å²) in [6, 6.07) is -1.39. The summed E-state index contributed by atoms with van der Waals surface area (Å²) in [4.78, 5) is 36.6. The third-order valence-corrected chi connectivity index (χ3v) is 4.04. The highest BCUT2D eigenvalue weighted by molar-refractivity contribution is 5.86. The number of carboxylic acids is 1. The summed E-state index contributed by atoms with van der Waals surface area (Å²) >= 11 is 0. The van der Waals surface area contributed by atoms with Crippen molar-refractivity contribution >= 4 is 17.9 Å². The third-order valence-electron chi connectivity index (χ3n) is 4.04. The van der Waals surface area contributed by atoms with Crippen molar-refractivity contribution in [2.24, 2.45) is 5.92 Å². The first-order valence-corrected chi connectivity index (χ1v) is 7.12. The Balaban J connectivity index is 2.01. The second-order valence-corrected chi connectivity index (χ2v) is 5.38. The van der Waals surface area contributed by atoms with E-state index in [9.17, 15) is 14.4 Å². The molecule has 0 aromatic heterocycles. The maximum Gasteiger partial charge on any atom is 0.326 e. The van der Waals surface area contributed by atoms with Gasteiger partial charge in [0.05, 0.1) is 12.0 Å². The Bertz CT molecular complexity index is 412. The van der Waals surface area contributed by atoms with Crippen LogP contribution in [0.1, 0.15) is 32.6 Å². The molecule has 2 heterocycles. The van der Waals surface area contributed by atoms with Gasteiger partial charge in [0, 0.05) is 13.1 Å². The van der Waals surface area contributed by atoms with Crippen LogP contribution < -0.4 is 10.6 Å². The number of carboxylic acid groups (broad SMARTS) is 1. The molecule has 2 fully saturated rings. The van der Waals surface area contributed by atoms with Gasteiger partial charge in [-0.05, 0) is 19.3 Å². The van der Waals surface area contributed by atoms with E-state index >= 15 is 0 Å². The predicted octanol–water partition coefficient (Wildman–Crippen LogP) is 0.160. The lowest BCUT2D eigenvalue weighted by molar-refractivity contribution is -0.139. The lowest BCUT2D eigenvalue weighted by Crippen LogP contribution is -2.55. The van der Waals surface area contributed by atoms with E-state index in [0.717, 1.165) is 12.8 Å². The number of carbonyl (C=O) groups excluding carboxylic acids is 2. The smallest absolute Gasteiger partial charge is 0.326 e. The predicted molar refractivity (Wildman–Crippen MR) is 71.1 cm³/mol. The molecule has 7 nitrogen and oxygen atoms in total. The number of hydrogen-bond donors (Lipinski definition) is 3. The molecule has 2 unspecified atom stereocenters. The van der Waals surface area contributed by atoms with Crippen LogP contribution >= 0.6 is 0 Å². The number of carbonyl (C=O) groups is 3. The van der Waals surface area contributed by atoms with Crippen molar-refractivity contribution in [1.82, 2.24) is 15.5 Å². The van der Waals surface area contributed by atoms with E-state index in [1.807, 2.05) is 6.92 Å². The van der Waals surface area contributed by atoms with Crippen LogP contribution in [0.4, 0.5) is 4.79 Å². The summed E-state index contributed by atoms with van der Waals surface area (Å²) < 4.78 is 0. The van der Waals surface area contributed by atoms with Crippen LogP contribution in [0.15, 0.2) is 0 Å². The Kier molecular flexibility index (Phi) is 4.46. The van der Waals surface area contributed by atoms with Gasteiger partial charge < -0.3 is 20.6 Å². The fraction of sp³-hybridized carbons (Fsp3) is 0.769. The summed E-state index contributed by atoms with van der Waals surface area (Å²) in [6.45, 7) is 2.90. The summed E-state index contributed by atoms with van der Waals surface area (Å²) in [6.07, 6.45) is 2.65. The molecule has 0 radical (unpaired) electrons. The topological polar surface area (TPSA) is 98.7 Å². The van der Waals surface area contributed by atoms with E-state index in [0.29, 0.717) is 25.9 Å². The van der Waals surface area contributed by atoms with E-state index < -0.39 is 12.0 Å². The monoisotopic (exact) mass is 283 g/mol. The molecule has 0 saturated carbocycles. The first kappa shape index (κ1) is 14.6. The van der Waals surface area contributed by atoms with Gasteiger partial charge in [0.1, 0.15) is 6.04 Å². The highest BCUT2D eigenvalue weighted by Gasteiger charge is 2.43. The number of aliphatic carboxylic acids is 1. The van der Waals surface area contributed by atoms with Gasteiger partial charge in [0.15, 0.2) is 0 Å². The number of nitrogens with zero attached hydrogens (tertiary/aromatic N) is 1. The van der Waals surface area contributed by atoms with Crippen molar-refractivity contribution in [3.63, 3.8) is 0 Å². The maximum atomic E-state index is 12.2. The second-order valence-electron chi connectivity index (χ2n) is 5.38. The minimum absolute atomic E-state index is 0.00385. The molecule has 0 aromatic rings. The number of hydrogen-bond acceptors (Lipinski definition) is 3. The minimum atomic E-state index is -1.02. The van der Waals surface area contributed by atoms with Gasteiger partial charge in [-0.25, -0.2) is 9.59 Å². The number of amides is 3. The fourth-order valence-electron chi connectivity index (χ4n) is 2.98. The number of rotatable bonds is 4. The fourth-order valence-corrected chi connectivity index (χ4v) is 2.98. The number of nitrogens with one attached hydrogen (secondary N) is 2. The number of piperidine rings is 1. The van der Waals surface area contributed by atoms with E-state index in [-0.39, 0.29) is 23.9 Å². The Morgan fingerprint density at radius 3 is 2.95 bits per heavy atom. The lowest BCUT2D eigenvalue weighted by Gasteiger charge is -2.36. The van der Waals surface area contributed by atoms with Gasteiger partial charge >= 0.3 is 12.0 Å². The maximum absolute atomic E-state index is 12.2. The average molecular weight is 283 g/mol. The highest BCUT2D eigenvalue weighted by atomic mass is 16.4. The minimum Gasteiger partial charge on any atom is -0.480 e. The first-order chi connectivity index (χ1) is 9.54. The van der Waals surface area contributed by atoms with E-state index in [1.54, 1.807) is 4.90 Å². The molecule has 0 aromatic carbocycles. The molecule has 7 heteroatoms. The lowest BCUT2D eigenvalue weighted by atomic mass is 9.92. The van der Waals surface area contributed by atoms with Gasteiger partial charge in [0.2, 0.25) is 5.91 Å². The Morgan fingerprint density at radius 2 is 2.30 bits per heavy atom. The molecule has 3 N–H and O–H groups in total. The number of urea groups is 1. The van der Waals surface area contributed by atoms with Crippen LogP contribution in [-0.4, -0.2) is 53.1 Å². The molecule has 2 rings (SSSR count). The SMILES string of the molecule is CCC[C@H](NC(=O)N1CCCC2C(=O)NCC21)C(=O)O. The molecule has 0 spiro atoms. The zero-order valence-corrected chi connectivity index (χ0v) is 11.6. The van der Waals surface area contributed by atoms with Crippen molar-refractivity contribution in [2.45, 2.75) is 44.7 Å². The van der Waals surface area contributed by atoms with E-state index in [1.165, 1.54) is 0 Å². The quantitative estimate of drug-likeness (QED) is 0.684. The van der Waals surface area contributed by atoms with Crippen LogP contribution in [0.5, 0.6) is 0 Å². The summed E-state index contributed by atoms with van der Waals surface area (Å²) in [5.74, 6) is -1.17. The molecule has 20 heavy (non-hydrogen) atoms. The second kappa shape index (κ2) is 6.11. The van der Waals surface area contributed by atoms with E-state index in [2.05, 4.69) is 10.6 Å².